The molecule has 2 heterocycles. The minimum absolute atomic E-state index is 0.0670. The van der Waals surface area contributed by atoms with E-state index in [0.717, 1.165) is 159 Å². The Morgan fingerprint density at radius 1 is 0.648 bits per heavy atom. The standard InChI is InChI=1S/C23H23NO3.C22H29NO4.C20H28N2O2.C18H16Cl2F2N2O3/c1-26-20-9-7-15(11-18-17-4-2-3-5-19(17)24-23(18)25)13-22(20)27-21-12-14-6-8-16(21)10-14;1-25-19-10-9-17(13-20(19)27-18-7-3-4-8-18)22(15-23)11-5-6-16(14-22)12-21(24)26-2;1-23-18-9-8-16(11-19(18)24-17-6-2-3-7-17)20(14-22)10-4-5-15(12-20)13-21;19-12-7-23-8-13(20)16(12)24-17(25)11-4-5-14(27-18(21)22)15(6-11)26-9-10-2-1-3-10/h2-5,7,9,11,13-14,16,21H,6,8,10,12H2,1H3,(H,24,25);9-10,13,16,18H,3-8,11-12,14H2,1-2H3;8-9,11,15,17H,2-7,10,12-13,21H2,1H3;4-8,10,18H,1-3,9H2,(H,23,24,25)/b18-11+;;;/t14-,16+,21?;;;/m0.../s1. The van der Waals surface area contributed by atoms with Gasteiger partial charge in [-0.1, -0.05) is 78.9 Å². The number of hydrogen-bond acceptors (Lipinski definition) is 16. The molecule has 7 saturated carbocycles. The van der Waals surface area contributed by atoms with E-state index in [0.29, 0.717) is 55.1 Å². The van der Waals surface area contributed by atoms with Crippen molar-refractivity contribution >= 4 is 64.0 Å². The van der Waals surface area contributed by atoms with Gasteiger partial charge in [-0.05, 0) is 248 Å². The van der Waals surface area contributed by atoms with E-state index < -0.39 is 23.3 Å². The highest BCUT2D eigenvalue weighted by Crippen LogP contribution is 2.50. The summed E-state index contributed by atoms with van der Waals surface area (Å²) in [5, 5.41) is 25.9. The van der Waals surface area contributed by atoms with Crippen LogP contribution in [-0.2, 0) is 25.2 Å². The van der Waals surface area contributed by atoms with E-state index in [1.807, 2.05) is 84.9 Å². The maximum atomic E-state index is 12.6. The molecule has 8 aliphatic rings. The molecule has 5 unspecified atom stereocenters. The van der Waals surface area contributed by atoms with Crippen LogP contribution in [0.15, 0.2) is 109 Å². The van der Waals surface area contributed by atoms with Gasteiger partial charge in [-0.15, -0.1) is 0 Å². The molecule has 0 spiro atoms. The first-order valence-corrected chi connectivity index (χ1v) is 37.8. The number of esters is 1. The second-order valence-corrected chi connectivity index (χ2v) is 29.8. The fourth-order valence-electron chi connectivity index (χ4n) is 16.2. The maximum absolute atomic E-state index is 12.6. The Kier molecular flexibility index (Phi) is 26.8. The van der Waals surface area contributed by atoms with Crippen LogP contribution in [0.4, 0.5) is 20.2 Å². The highest BCUT2D eigenvalue weighted by atomic mass is 35.5. The molecule has 7 fully saturated rings. The lowest BCUT2D eigenvalue weighted by atomic mass is 9.66. The van der Waals surface area contributed by atoms with Crippen molar-refractivity contribution in [3.63, 3.8) is 0 Å². The lowest BCUT2D eigenvalue weighted by Gasteiger charge is -2.36. The number of fused-ring (bicyclic) bond motifs is 3. The van der Waals surface area contributed by atoms with Gasteiger partial charge in [0, 0.05) is 41.2 Å². The normalized spacial score (nSPS) is 23.4. The van der Waals surface area contributed by atoms with E-state index >= 15 is 0 Å². The third kappa shape index (κ3) is 19.4. The zero-order valence-electron chi connectivity index (χ0n) is 60.4. The average molecular weight is 1480 g/mol. The van der Waals surface area contributed by atoms with Crippen molar-refractivity contribution in [2.45, 2.75) is 190 Å². The smallest absolute Gasteiger partial charge is 0.387 e. The fraction of sp³-hybridized carbons (Fsp3) is 0.494. The number of nitriles is 2. The fourth-order valence-corrected chi connectivity index (χ4v) is 16.7. The summed E-state index contributed by atoms with van der Waals surface area (Å²) in [6.45, 7) is -1.96. The van der Waals surface area contributed by atoms with Crippen LogP contribution in [0, 0.1) is 52.3 Å². The zero-order valence-corrected chi connectivity index (χ0v) is 61.9. The Hall–Kier alpha value is -8.82. The van der Waals surface area contributed by atoms with Crippen LogP contribution in [0.2, 0.25) is 10.0 Å². The summed E-state index contributed by atoms with van der Waals surface area (Å²) in [6, 6.07) is 34.7. The van der Waals surface area contributed by atoms with Crippen molar-refractivity contribution in [2.24, 2.45) is 35.3 Å². The second kappa shape index (κ2) is 36.5. The molecule has 0 saturated heterocycles. The quantitative estimate of drug-likeness (QED) is 0.0422. The number of amides is 2. The molecule has 105 heavy (non-hydrogen) atoms. The van der Waals surface area contributed by atoms with Gasteiger partial charge in [0.1, 0.15) is 6.10 Å². The SMILES string of the molecule is COC(=O)CC1CCCC(C#N)(c2ccc(OC)c(OC3CCCC3)c2)C1.COc1ccc(/C=C2/C(=O)Nc3ccccc32)cc1OC1C[C@H]2CC[C@@H]1C2.COc1ccc(C2(C#N)CCCC(CN)C2)cc1OC1CCCC1.O=C(Nc1c(Cl)cncc1Cl)c1ccc(OC(F)F)c(OCC2CCC2)c1. The summed E-state index contributed by atoms with van der Waals surface area (Å²) in [5.74, 6) is 6.16. The summed E-state index contributed by atoms with van der Waals surface area (Å²) < 4.78 is 75.5. The lowest BCUT2D eigenvalue weighted by molar-refractivity contribution is -0.142. The average Bonchev–Trinajstić information content (AvgIpc) is 1.68. The zero-order chi connectivity index (χ0) is 74.0. The molecule has 6 aromatic rings. The minimum Gasteiger partial charge on any atom is -0.493 e. The number of aromatic nitrogens is 1. The molecule has 558 valence electrons. The molecule has 22 heteroatoms. The molecule has 5 aromatic carbocycles. The van der Waals surface area contributed by atoms with Crippen LogP contribution in [0.3, 0.4) is 0 Å². The van der Waals surface area contributed by atoms with Crippen molar-refractivity contribution in [3.8, 4) is 58.1 Å². The molecular weight excluding hydrogens is 1380 g/mol. The van der Waals surface area contributed by atoms with Gasteiger partial charge >= 0.3 is 12.6 Å². The van der Waals surface area contributed by atoms with Gasteiger partial charge in [-0.2, -0.15) is 19.3 Å². The number of methoxy groups -OCH3 is 4. The van der Waals surface area contributed by atoms with E-state index in [1.54, 1.807) is 21.3 Å². The number of rotatable bonds is 22. The monoisotopic (exact) mass is 1480 g/mol. The number of anilines is 2. The topological polar surface area (TPSA) is 245 Å². The van der Waals surface area contributed by atoms with Crippen molar-refractivity contribution in [2.75, 3.05) is 52.2 Å². The van der Waals surface area contributed by atoms with Crippen LogP contribution >= 0.6 is 23.2 Å². The number of benzene rings is 5. The molecule has 4 N–H and O–H groups in total. The lowest BCUT2D eigenvalue weighted by Crippen LogP contribution is -2.34. The minimum atomic E-state index is -3.00. The number of ether oxygens (including phenoxy) is 9. The Bertz CT molecular complexity index is 4090. The number of nitrogens with one attached hydrogen (secondary N) is 2. The molecule has 7 atom stereocenters. The van der Waals surface area contributed by atoms with Crippen LogP contribution in [0.1, 0.15) is 187 Å². The van der Waals surface area contributed by atoms with Crippen LogP contribution in [-0.4, -0.2) is 89.3 Å². The molecular formula is C83H96Cl2F2N6O12. The number of hydrogen-bond donors (Lipinski definition) is 3. The van der Waals surface area contributed by atoms with Gasteiger partial charge in [-0.3, -0.25) is 19.4 Å². The number of alkyl halides is 2. The second-order valence-electron chi connectivity index (χ2n) is 29.0. The number of nitrogens with zero attached hydrogens (tertiary/aromatic N) is 3. The molecule has 14 rings (SSSR count). The molecule has 18 nitrogen and oxygen atoms in total. The molecule has 2 bridgehead atoms. The molecule has 1 aliphatic heterocycles. The summed E-state index contributed by atoms with van der Waals surface area (Å²) in [6.07, 6.45) is 30.5. The van der Waals surface area contributed by atoms with Crippen molar-refractivity contribution < 1.29 is 65.8 Å². The van der Waals surface area contributed by atoms with E-state index in [9.17, 15) is 33.7 Å². The largest absolute Gasteiger partial charge is 0.493 e. The van der Waals surface area contributed by atoms with Gasteiger partial charge in [0.05, 0.1) is 86.0 Å². The van der Waals surface area contributed by atoms with Gasteiger partial charge in [0.25, 0.3) is 11.8 Å². The maximum Gasteiger partial charge on any atom is 0.387 e. The summed E-state index contributed by atoms with van der Waals surface area (Å²) in [4.78, 5) is 40.4. The number of nitrogens with two attached hydrogens (primary N) is 1. The number of pyridine rings is 1. The molecule has 1 aromatic heterocycles. The summed E-state index contributed by atoms with van der Waals surface area (Å²) in [5.41, 5.74) is 10.7. The van der Waals surface area contributed by atoms with Crippen LogP contribution < -0.4 is 54.3 Å². The Morgan fingerprint density at radius 2 is 1.22 bits per heavy atom. The van der Waals surface area contributed by atoms with Crippen LogP contribution in [0.5, 0.6) is 46.0 Å². The number of carbonyl (C=O) groups excluding carboxylic acids is 3. The van der Waals surface area contributed by atoms with Gasteiger partial charge in [-0.25, -0.2) is 0 Å². The number of halogens is 4. The van der Waals surface area contributed by atoms with E-state index in [4.69, 9.17) is 66.8 Å². The summed E-state index contributed by atoms with van der Waals surface area (Å²) in [7, 11) is 6.39. The Balaban J connectivity index is 0.000000140. The van der Waals surface area contributed by atoms with Crippen LogP contribution in [0.25, 0.3) is 11.6 Å². The summed E-state index contributed by atoms with van der Waals surface area (Å²) >= 11 is 12.0. The molecule has 2 amide bonds. The predicted octanol–water partition coefficient (Wildman–Crippen LogP) is 18.6. The van der Waals surface area contributed by atoms with Gasteiger partial charge < -0.3 is 59.0 Å². The third-order valence-corrected chi connectivity index (χ3v) is 22.7. The van der Waals surface area contributed by atoms with Crippen molar-refractivity contribution in [1.82, 2.24) is 4.98 Å². The first-order valence-electron chi connectivity index (χ1n) is 37.0. The van der Waals surface area contributed by atoms with E-state index in [2.05, 4.69) is 32.5 Å². The first-order chi connectivity index (χ1) is 50.9. The molecule has 7 aliphatic carbocycles. The number of carbonyl (C=O) groups is 3. The molecule has 0 radical (unpaired) electrons. The highest BCUT2D eigenvalue weighted by molar-refractivity contribution is 6.39. The number of para-hydroxylation sites is 1. The Morgan fingerprint density at radius 3 is 1.76 bits per heavy atom. The van der Waals surface area contributed by atoms with Gasteiger partial charge in [0.2, 0.25) is 0 Å². The van der Waals surface area contributed by atoms with Crippen molar-refractivity contribution in [1.29, 1.82) is 10.5 Å². The highest BCUT2D eigenvalue weighted by Gasteiger charge is 2.43. The third-order valence-electron chi connectivity index (χ3n) is 22.1. The van der Waals surface area contributed by atoms with Crippen molar-refractivity contribution in [3.05, 3.63) is 147 Å². The predicted molar refractivity (Wildman–Crippen MR) is 400 cm³/mol. The van der Waals surface area contributed by atoms with E-state index in [-0.39, 0.29) is 68.9 Å². The van der Waals surface area contributed by atoms with Gasteiger partial charge in [0.15, 0.2) is 46.0 Å². The Labute approximate surface area is 624 Å². The van der Waals surface area contributed by atoms with E-state index in [1.165, 1.54) is 82.6 Å². The first kappa shape index (κ1) is 77.3.